The van der Waals surface area contributed by atoms with Gasteiger partial charge in [0.15, 0.2) is 24.0 Å². The van der Waals surface area contributed by atoms with E-state index in [9.17, 15) is 26.8 Å². The van der Waals surface area contributed by atoms with E-state index in [0.29, 0.717) is 18.1 Å². The van der Waals surface area contributed by atoms with Crippen molar-refractivity contribution < 1.29 is 31.5 Å². The van der Waals surface area contributed by atoms with E-state index >= 15 is 0 Å². The fourth-order valence-corrected chi connectivity index (χ4v) is 4.89. The van der Waals surface area contributed by atoms with Crippen molar-refractivity contribution in [3.63, 3.8) is 0 Å². The number of ether oxygens (including phenoxy) is 1. The Morgan fingerprint density at radius 3 is 2.66 bits per heavy atom. The van der Waals surface area contributed by atoms with Crippen LogP contribution in [0.3, 0.4) is 0 Å². The number of hydrogen-bond donors (Lipinski definition) is 1. The molecule has 10 heteroatoms. The number of benzene rings is 2. The lowest BCUT2D eigenvalue weighted by molar-refractivity contribution is -0.121. The Kier molecular flexibility index (Phi) is 5.77. The van der Waals surface area contributed by atoms with E-state index in [4.69, 9.17) is 4.74 Å². The Morgan fingerprint density at radius 1 is 1.31 bits per heavy atom. The third kappa shape index (κ3) is 4.18. The molecule has 154 valence electrons. The lowest BCUT2D eigenvalue weighted by Gasteiger charge is -2.13. The van der Waals surface area contributed by atoms with Gasteiger partial charge in [-0.2, -0.15) is 0 Å². The van der Waals surface area contributed by atoms with Gasteiger partial charge >= 0.3 is 0 Å². The molecular formula is C19H16BrF2NO5S. The molecule has 29 heavy (non-hydrogen) atoms. The summed E-state index contributed by atoms with van der Waals surface area (Å²) in [6, 6.07) is 4.61. The minimum Gasteiger partial charge on any atom is -0.483 e. The maximum Gasteiger partial charge on any atom is 0.271 e. The molecule has 2 aromatic rings. The second-order valence-corrected chi connectivity index (χ2v) is 9.25. The smallest absolute Gasteiger partial charge is 0.271 e. The summed E-state index contributed by atoms with van der Waals surface area (Å²) in [5.41, 5.74) is 2.19. The summed E-state index contributed by atoms with van der Waals surface area (Å²) in [6.45, 7) is 3.11. The predicted octanol–water partition coefficient (Wildman–Crippen LogP) is 3.61. The van der Waals surface area contributed by atoms with Gasteiger partial charge in [-0.25, -0.2) is 21.9 Å². The summed E-state index contributed by atoms with van der Waals surface area (Å²) in [7, 11) is -4.45. The van der Waals surface area contributed by atoms with Crippen LogP contribution in [-0.4, -0.2) is 26.7 Å². The average molecular weight is 488 g/mol. The monoisotopic (exact) mass is 487 g/mol. The number of amides is 1. The Labute approximate surface area is 174 Å². The van der Waals surface area contributed by atoms with Crippen molar-refractivity contribution >= 4 is 37.6 Å². The number of sulfonamides is 1. The van der Waals surface area contributed by atoms with Crippen LogP contribution in [0.1, 0.15) is 40.7 Å². The van der Waals surface area contributed by atoms with Gasteiger partial charge in [0.1, 0.15) is 5.75 Å². The van der Waals surface area contributed by atoms with E-state index in [0.717, 1.165) is 17.2 Å². The van der Waals surface area contributed by atoms with E-state index in [2.05, 4.69) is 15.9 Å². The Balaban J connectivity index is 1.75. The molecule has 1 aliphatic carbocycles. The van der Waals surface area contributed by atoms with Gasteiger partial charge < -0.3 is 4.74 Å². The molecule has 0 saturated heterocycles. The maximum absolute atomic E-state index is 13.5. The molecule has 0 aliphatic heterocycles. The lowest BCUT2D eigenvalue weighted by atomic mass is 9.97. The number of fused-ring (bicyclic) bond motifs is 1. The third-order valence-corrected chi connectivity index (χ3v) is 6.49. The van der Waals surface area contributed by atoms with Gasteiger partial charge in [-0.15, -0.1) is 0 Å². The predicted molar refractivity (Wildman–Crippen MR) is 103 cm³/mol. The molecule has 0 heterocycles. The van der Waals surface area contributed by atoms with E-state index in [1.165, 1.54) is 0 Å². The van der Waals surface area contributed by atoms with Gasteiger partial charge in [0.25, 0.3) is 15.9 Å². The second kappa shape index (κ2) is 7.83. The highest BCUT2D eigenvalue weighted by molar-refractivity contribution is 9.10. The molecule has 6 nitrogen and oxygen atoms in total. The first-order valence-electron chi connectivity index (χ1n) is 8.51. The van der Waals surface area contributed by atoms with E-state index in [1.807, 2.05) is 13.8 Å². The van der Waals surface area contributed by atoms with Crippen LogP contribution in [0.25, 0.3) is 0 Å². The summed E-state index contributed by atoms with van der Waals surface area (Å²) in [4.78, 5) is 23.7. The number of hydrogen-bond acceptors (Lipinski definition) is 5. The van der Waals surface area contributed by atoms with Crippen LogP contribution < -0.4 is 9.46 Å². The summed E-state index contributed by atoms with van der Waals surface area (Å²) in [6.07, 6.45) is 0.335. The molecule has 1 unspecified atom stereocenters. The first-order chi connectivity index (χ1) is 13.5. The van der Waals surface area contributed by atoms with Crippen molar-refractivity contribution in [1.82, 2.24) is 4.72 Å². The van der Waals surface area contributed by atoms with E-state index in [1.54, 1.807) is 16.9 Å². The number of ketones is 1. The highest BCUT2D eigenvalue weighted by Gasteiger charge is 2.31. The summed E-state index contributed by atoms with van der Waals surface area (Å²) < 4.78 is 58.0. The topological polar surface area (TPSA) is 89.5 Å². The molecule has 0 aromatic heterocycles. The number of rotatable bonds is 5. The zero-order valence-electron chi connectivity index (χ0n) is 15.4. The molecule has 0 fully saturated rings. The molecule has 1 aliphatic rings. The normalized spacial score (nSPS) is 15.9. The van der Waals surface area contributed by atoms with Crippen molar-refractivity contribution in [3.8, 4) is 5.75 Å². The van der Waals surface area contributed by atoms with Crippen LogP contribution in [0.4, 0.5) is 8.78 Å². The molecule has 0 radical (unpaired) electrons. The highest BCUT2D eigenvalue weighted by atomic mass is 79.9. The number of aryl methyl sites for hydroxylation is 1. The number of Topliss-reactive ketones (excluding diaryl/α,β-unsaturated/α-hetero) is 1. The summed E-state index contributed by atoms with van der Waals surface area (Å²) in [5.74, 6) is -3.54. The molecular weight excluding hydrogens is 472 g/mol. The standard InChI is InChI=1S/C19H16BrF2NO5S/c1-9-3-4-15(18-14(24)5-10(2)17(9)18)28-8-16(25)23-29(26,27)11-6-12(20)19(22)13(21)7-11/h3-4,6-7,10H,5,8H2,1-2H3,(H,23,25). The SMILES string of the molecule is Cc1ccc(OCC(=O)NS(=O)(=O)c2cc(F)c(F)c(Br)c2)c2c1C(C)CC2=O. The molecule has 1 atom stereocenters. The average Bonchev–Trinajstić information content (AvgIpc) is 2.93. The Morgan fingerprint density at radius 2 is 2.00 bits per heavy atom. The minimum absolute atomic E-state index is 0.0297. The van der Waals surface area contributed by atoms with Crippen molar-refractivity contribution in [2.75, 3.05) is 6.61 Å². The fourth-order valence-electron chi connectivity index (χ4n) is 3.30. The van der Waals surface area contributed by atoms with Crippen LogP contribution >= 0.6 is 15.9 Å². The van der Waals surface area contributed by atoms with Crippen molar-refractivity contribution in [2.24, 2.45) is 0 Å². The number of nitrogens with one attached hydrogen (secondary N) is 1. The minimum atomic E-state index is -4.45. The van der Waals surface area contributed by atoms with Gasteiger partial charge in [0.2, 0.25) is 0 Å². The molecule has 1 amide bonds. The number of halogens is 3. The van der Waals surface area contributed by atoms with Gasteiger partial charge in [-0.05, 0) is 58.1 Å². The molecule has 2 aromatic carbocycles. The highest BCUT2D eigenvalue weighted by Crippen LogP contribution is 2.40. The van der Waals surface area contributed by atoms with Gasteiger partial charge in [0.05, 0.1) is 14.9 Å². The van der Waals surface area contributed by atoms with Gasteiger partial charge in [-0.1, -0.05) is 13.0 Å². The van der Waals surface area contributed by atoms with Gasteiger partial charge in [0, 0.05) is 6.42 Å². The Bertz CT molecular complexity index is 1110. The van der Waals surface area contributed by atoms with Crippen molar-refractivity contribution in [1.29, 1.82) is 0 Å². The van der Waals surface area contributed by atoms with Gasteiger partial charge in [-0.3, -0.25) is 9.59 Å². The first kappa shape index (κ1) is 21.4. The van der Waals surface area contributed by atoms with Crippen LogP contribution in [0.5, 0.6) is 5.75 Å². The molecule has 1 N–H and O–H groups in total. The van der Waals surface area contributed by atoms with Crippen LogP contribution in [0.2, 0.25) is 0 Å². The zero-order chi connectivity index (χ0) is 21.5. The molecule has 0 bridgehead atoms. The van der Waals surface area contributed by atoms with Crippen LogP contribution in [0, 0.1) is 18.6 Å². The maximum atomic E-state index is 13.5. The first-order valence-corrected chi connectivity index (χ1v) is 10.8. The van der Waals surface area contributed by atoms with E-state index < -0.39 is 43.5 Å². The molecule has 3 rings (SSSR count). The summed E-state index contributed by atoms with van der Waals surface area (Å²) in [5, 5.41) is 0. The largest absolute Gasteiger partial charge is 0.483 e. The van der Waals surface area contributed by atoms with Crippen molar-refractivity contribution in [3.05, 3.63) is 57.1 Å². The quantitative estimate of drug-likeness (QED) is 0.650. The zero-order valence-corrected chi connectivity index (χ0v) is 17.8. The van der Waals surface area contributed by atoms with Crippen molar-refractivity contribution in [2.45, 2.75) is 31.1 Å². The lowest BCUT2D eigenvalue weighted by Crippen LogP contribution is -2.34. The van der Waals surface area contributed by atoms with E-state index in [-0.39, 0.29) is 17.5 Å². The van der Waals surface area contributed by atoms with Crippen LogP contribution in [-0.2, 0) is 14.8 Å². The Hall–Kier alpha value is -2.33. The second-order valence-electron chi connectivity index (χ2n) is 6.72. The summed E-state index contributed by atoms with van der Waals surface area (Å²) >= 11 is 2.71. The van der Waals surface area contributed by atoms with Crippen LogP contribution in [0.15, 0.2) is 33.6 Å². The number of carbonyl (C=O) groups excluding carboxylic acids is 2. The molecule has 0 saturated carbocycles. The number of carbonyl (C=O) groups is 2. The molecule has 0 spiro atoms. The fraction of sp³-hybridized carbons (Fsp3) is 0.263. The third-order valence-electron chi connectivity index (χ3n) is 4.56.